The van der Waals surface area contributed by atoms with Crippen LogP contribution in [0.4, 0.5) is 4.79 Å². The van der Waals surface area contributed by atoms with E-state index in [9.17, 15) is 9.90 Å². The normalized spacial score (nSPS) is 28.9. The van der Waals surface area contributed by atoms with E-state index in [1.54, 1.807) is 0 Å². The summed E-state index contributed by atoms with van der Waals surface area (Å²) in [6.07, 6.45) is 9.99. The van der Waals surface area contributed by atoms with Gasteiger partial charge in [-0.1, -0.05) is 32.1 Å². The van der Waals surface area contributed by atoms with Crippen molar-refractivity contribution in [1.29, 1.82) is 0 Å². The number of rotatable bonds is 4. The number of hydroxylamine groups is 1. The van der Waals surface area contributed by atoms with Crippen LogP contribution >= 0.6 is 0 Å². The van der Waals surface area contributed by atoms with E-state index in [4.69, 9.17) is 4.84 Å². The van der Waals surface area contributed by atoms with E-state index in [0.717, 1.165) is 38.5 Å². The first-order valence-corrected chi connectivity index (χ1v) is 7.62. The van der Waals surface area contributed by atoms with Crippen LogP contribution in [-0.4, -0.2) is 29.9 Å². The molecule has 0 aromatic carbocycles. The first-order valence-electron chi connectivity index (χ1n) is 7.62. The number of aliphatic hydroxyl groups is 1. The van der Waals surface area contributed by atoms with Gasteiger partial charge < -0.3 is 10.4 Å². The van der Waals surface area contributed by atoms with Gasteiger partial charge in [-0.3, -0.25) is 4.84 Å². The summed E-state index contributed by atoms with van der Waals surface area (Å²) < 4.78 is 0. The number of carbonyl (C=O) groups is 1. The van der Waals surface area contributed by atoms with Gasteiger partial charge in [0.2, 0.25) is 0 Å². The monoisotopic (exact) mass is 270 g/mol. The van der Waals surface area contributed by atoms with Crippen LogP contribution in [-0.2, 0) is 4.84 Å². The minimum Gasteiger partial charge on any atom is -0.396 e. The molecule has 0 spiro atoms. The fourth-order valence-corrected chi connectivity index (χ4v) is 3.13. The molecule has 0 radical (unpaired) electrons. The highest BCUT2D eigenvalue weighted by molar-refractivity contribution is 5.73. The van der Waals surface area contributed by atoms with E-state index in [-0.39, 0.29) is 30.7 Å². The predicted molar refractivity (Wildman–Crippen MR) is 72.5 cm³/mol. The van der Waals surface area contributed by atoms with Gasteiger partial charge >= 0.3 is 6.03 Å². The molecule has 0 saturated heterocycles. The molecule has 0 aliphatic heterocycles. The Bertz CT molecular complexity index is 280. The van der Waals surface area contributed by atoms with Crippen molar-refractivity contribution in [2.75, 3.05) is 6.61 Å². The highest BCUT2D eigenvalue weighted by atomic mass is 16.7. The first kappa shape index (κ1) is 14.6. The summed E-state index contributed by atoms with van der Waals surface area (Å²) in [7, 11) is 0. The second-order valence-electron chi connectivity index (χ2n) is 5.79. The quantitative estimate of drug-likeness (QED) is 0.541. The zero-order valence-electron chi connectivity index (χ0n) is 11.6. The molecule has 2 aliphatic carbocycles. The number of amides is 2. The van der Waals surface area contributed by atoms with Crippen molar-refractivity contribution < 1.29 is 14.7 Å². The molecule has 0 aromatic heterocycles. The second-order valence-corrected chi connectivity index (χ2v) is 5.79. The summed E-state index contributed by atoms with van der Waals surface area (Å²) in [6, 6.07) is -0.197. The highest BCUT2D eigenvalue weighted by Gasteiger charge is 2.25. The Balaban J connectivity index is 1.72. The van der Waals surface area contributed by atoms with Crippen molar-refractivity contribution in [3.05, 3.63) is 0 Å². The Morgan fingerprint density at radius 1 is 1.05 bits per heavy atom. The van der Waals surface area contributed by atoms with Gasteiger partial charge in [0.1, 0.15) is 0 Å². The Labute approximate surface area is 115 Å². The Morgan fingerprint density at radius 3 is 2.47 bits per heavy atom. The van der Waals surface area contributed by atoms with Crippen LogP contribution in [0.1, 0.15) is 57.8 Å². The molecule has 2 fully saturated rings. The van der Waals surface area contributed by atoms with E-state index >= 15 is 0 Å². The second kappa shape index (κ2) is 7.70. The van der Waals surface area contributed by atoms with Crippen LogP contribution < -0.4 is 10.8 Å². The molecule has 2 aliphatic rings. The minimum absolute atomic E-state index is 0.0691. The van der Waals surface area contributed by atoms with E-state index in [1.807, 2.05) is 0 Å². The molecular formula is C14H26N2O3. The predicted octanol–water partition coefficient (Wildman–Crippen LogP) is 2.10. The first-order chi connectivity index (χ1) is 9.29. The van der Waals surface area contributed by atoms with Gasteiger partial charge in [-0.15, -0.1) is 0 Å². The number of hydrogen-bond acceptors (Lipinski definition) is 3. The average Bonchev–Trinajstić information content (AvgIpc) is 2.83. The topological polar surface area (TPSA) is 70.6 Å². The molecule has 2 atom stereocenters. The zero-order chi connectivity index (χ0) is 13.5. The highest BCUT2D eigenvalue weighted by Crippen LogP contribution is 2.23. The van der Waals surface area contributed by atoms with Crippen molar-refractivity contribution in [3.63, 3.8) is 0 Å². The third-order valence-corrected chi connectivity index (χ3v) is 4.33. The van der Waals surface area contributed by atoms with Crippen molar-refractivity contribution in [2.45, 2.75) is 69.9 Å². The van der Waals surface area contributed by atoms with Crippen molar-refractivity contribution in [1.82, 2.24) is 10.8 Å². The molecule has 5 heteroatoms. The summed E-state index contributed by atoms with van der Waals surface area (Å²) in [5.74, 6) is 0.180. The van der Waals surface area contributed by atoms with Gasteiger partial charge in [0, 0.05) is 18.6 Å². The molecule has 2 saturated carbocycles. The number of hydrogen-bond donors (Lipinski definition) is 3. The third kappa shape index (κ3) is 4.66. The van der Waals surface area contributed by atoms with Crippen molar-refractivity contribution >= 4 is 6.03 Å². The van der Waals surface area contributed by atoms with Gasteiger partial charge in [-0.05, 0) is 25.7 Å². The lowest BCUT2D eigenvalue weighted by molar-refractivity contribution is -0.00118. The van der Waals surface area contributed by atoms with Gasteiger partial charge in [0.25, 0.3) is 0 Å². The molecule has 2 rings (SSSR count). The number of aliphatic hydroxyl groups excluding tert-OH is 1. The van der Waals surface area contributed by atoms with E-state index in [0.29, 0.717) is 0 Å². The fraction of sp³-hybridized carbons (Fsp3) is 0.929. The largest absolute Gasteiger partial charge is 0.396 e. The van der Waals surface area contributed by atoms with E-state index in [1.165, 1.54) is 19.3 Å². The number of urea groups is 1. The van der Waals surface area contributed by atoms with Gasteiger partial charge in [-0.2, -0.15) is 0 Å². The third-order valence-electron chi connectivity index (χ3n) is 4.33. The molecule has 0 heterocycles. The lowest BCUT2D eigenvalue weighted by Gasteiger charge is -2.24. The molecule has 110 valence electrons. The molecule has 5 nitrogen and oxygen atoms in total. The minimum atomic E-state index is -0.266. The maximum atomic E-state index is 11.8. The molecule has 3 N–H and O–H groups in total. The van der Waals surface area contributed by atoms with Gasteiger partial charge in [0.15, 0.2) is 0 Å². The number of nitrogens with one attached hydrogen (secondary N) is 2. The summed E-state index contributed by atoms with van der Waals surface area (Å²) in [4.78, 5) is 17.2. The summed E-state index contributed by atoms with van der Waals surface area (Å²) in [5.41, 5.74) is 2.51. The van der Waals surface area contributed by atoms with E-state index in [2.05, 4.69) is 10.8 Å². The van der Waals surface area contributed by atoms with Gasteiger partial charge in [-0.25, -0.2) is 10.3 Å². The molecule has 0 aromatic rings. The molecule has 2 unspecified atom stereocenters. The van der Waals surface area contributed by atoms with Crippen LogP contribution in [0.15, 0.2) is 0 Å². The van der Waals surface area contributed by atoms with Crippen LogP contribution in [0.25, 0.3) is 0 Å². The SMILES string of the molecule is O=C(NOC1CCCC1)NC1CCCCCC1CO. The number of carbonyl (C=O) groups excluding carboxylic acids is 1. The molecule has 2 amide bonds. The summed E-state index contributed by atoms with van der Waals surface area (Å²) >= 11 is 0. The van der Waals surface area contributed by atoms with Crippen LogP contribution in [0, 0.1) is 5.92 Å². The smallest absolute Gasteiger partial charge is 0.338 e. The van der Waals surface area contributed by atoms with Crippen LogP contribution in [0.5, 0.6) is 0 Å². The van der Waals surface area contributed by atoms with Gasteiger partial charge in [0.05, 0.1) is 6.10 Å². The van der Waals surface area contributed by atoms with Crippen LogP contribution in [0.2, 0.25) is 0 Å². The van der Waals surface area contributed by atoms with Crippen molar-refractivity contribution in [3.8, 4) is 0 Å². The fourth-order valence-electron chi connectivity index (χ4n) is 3.13. The Morgan fingerprint density at radius 2 is 1.74 bits per heavy atom. The van der Waals surface area contributed by atoms with Crippen molar-refractivity contribution in [2.24, 2.45) is 5.92 Å². The Hall–Kier alpha value is -0.810. The zero-order valence-corrected chi connectivity index (χ0v) is 11.6. The summed E-state index contributed by atoms with van der Waals surface area (Å²) in [5, 5.41) is 12.3. The lowest BCUT2D eigenvalue weighted by Crippen LogP contribution is -2.46. The lowest BCUT2D eigenvalue weighted by atomic mass is 9.96. The standard InChI is InChI=1S/C14H26N2O3/c17-10-11-6-2-1-3-9-13(11)15-14(18)16-19-12-7-4-5-8-12/h11-13,17H,1-10H2,(H2,15,16,18). The maximum absolute atomic E-state index is 11.8. The molecule has 0 bridgehead atoms. The average molecular weight is 270 g/mol. The summed E-state index contributed by atoms with van der Waals surface area (Å²) in [6.45, 7) is 0.147. The molecule has 19 heavy (non-hydrogen) atoms. The Kier molecular flexibility index (Phi) is 5.92. The maximum Gasteiger partial charge on any atom is 0.338 e. The van der Waals surface area contributed by atoms with Crippen LogP contribution in [0.3, 0.4) is 0 Å². The molecular weight excluding hydrogens is 244 g/mol. The van der Waals surface area contributed by atoms with E-state index < -0.39 is 0 Å².